The molecule has 1 unspecified atom stereocenters. The Bertz CT molecular complexity index is 110. The fraction of sp³-hybridized carbons (Fsp3) is 0.750. The maximum atomic E-state index is 10.2. The normalized spacial score (nSPS) is 16.8. The van der Waals surface area contributed by atoms with Crippen molar-refractivity contribution in [1.29, 1.82) is 0 Å². The van der Waals surface area contributed by atoms with Gasteiger partial charge in [-0.25, -0.2) is 5.43 Å². The van der Waals surface area contributed by atoms with Crippen molar-refractivity contribution in [3.05, 3.63) is 0 Å². The third-order valence-electron chi connectivity index (χ3n) is 1.11. The second-order valence-electron chi connectivity index (χ2n) is 1.94. The average molecular weight is 134 g/mol. The molecule has 0 radical (unpaired) electrons. The molecule has 0 saturated heterocycles. The Labute approximate surface area is 52.4 Å². The van der Waals surface area contributed by atoms with E-state index in [-0.39, 0.29) is 0 Å². The highest BCUT2D eigenvalue weighted by Crippen LogP contribution is 1.98. The third kappa shape index (κ3) is 1.63. The number of aliphatic hydroxyl groups excluding tert-OH is 1. The van der Waals surface area contributed by atoms with Gasteiger partial charge in [-0.3, -0.25) is 10.6 Å². The Hall–Kier alpha value is -0.650. The summed E-state index contributed by atoms with van der Waals surface area (Å²) in [7, 11) is 0. The molecular formula is C4H10N2O3. The van der Waals surface area contributed by atoms with Gasteiger partial charge in [0.15, 0.2) is 0 Å². The molecule has 0 saturated carbocycles. The summed E-state index contributed by atoms with van der Waals surface area (Å²) in [5.41, 5.74) is 0.561. The maximum absolute atomic E-state index is 10.2. The molecule has 5 nitrogen and oxygen atoms in total. The molecule has 0 rings (SSSR count). The molecule has 0 aromatic heterocycles. The van der Waals surface area contributed by atoms with Crippen LogP contribution < -0.4 is 11.3 Å². The van der Waals surface area contributed by atoms with Crippen LogP contribution >= 0.6 is 0 Å². The molecule has 0 spiro atoms. The van der Waals surface area contributed by atoms with Crippen LogP contribution in [0.4, 0.5) is 0 Å². The van der Waals surface area contributed by atoms with Crippen molar-refractivity contribution >= 4 is 5.97 Å². The van der Waals surface area contributed by atoms with E-state index in [0.717, 1.165) is 0 Å². The molecule has 0 aliphatic rings. The molecule has 0 amide bonds. The Morgan fingerprint density at radius 3 is 2.33 bits per heavy atom. The van der Waals surface area contributed by atoms with Crippen molar-refractivity contribution in [1.82, 2.24) is 5.43 Å². The quantitative estimate of drug-likeness (QED) is 0.272. The molecule has 0 aliphatic heterocycles. The molecule has 0 aliphatic carbocycles. The van der Waals surface area contributed by atoms with Gasteiger partial charge < -0.3 is 10.2 Å². The summed E-state index contributed by atoms with van der Waals surface area (Å²) in [5.74, 6) is 3.65. The van der Waals surface area contributed by atoms with E-state index >= 15 is 0 Å². The van der Waals surface area contributed by atoms with Crippen LogP contribution in [0, 0.1) is 0 Å². The van der Waals surface area contributed by atoms with Gasteiger partial charge in [-0.1, -0.05) is 0 Å². The van der Waals surface area contributed by atoms with E-state index in [0.29, 0.717) is 0 Å². The van der Waals surface area contributed by atoms with Gasteiger partial charge in [0.05, 0.1) is 6.61 Å². The first-order valence-corrected chi connectivity index (χ1v) is 2.39. The molecule has 9 heavy (non-hydrogen) atoms. The minimum absolute atomic E-state index is 0.529. The van der Waals surface area contributed by atoms with E-state index < -0.39 is 18.1 Å². The predicted molar refractivity (Wildman–Crippen MR) is 30.4 cm³/mol. The van der Waals surface area contributed by atoms with Gasteiger partial charge in [0.2, 0.25) is 0 Å². The molecule has 0 aromatic rings. The van der Waals surface area contributed by atoms with Crippen molar-refractivity contribution in [2.75, 3.05) is 6.61 Å². The van der Waals surface area contributed by atoms with Gasteiger partial charge in [-0.05, 0) is 6.92 Å². The standard InChI is InChI=1S/C4H10N2O3/c1-4(2-7,6-5)3(8)9/h6-7H,2,5H2,1H3,(H,8,9). The number of rotatable bonds is 3. The Morgan fingerprint density at radius 1 is 1.89 bits per heavy atom. The van der Waals surface area contributed by atoms with E-state index in [1.165, 1.54) is 6.92 Å². The lowest BCUT2D eigenvalue weighted by Gasteiger charge is -2.19. The first-order chi connectivity index (χ1) is 4.06. The van der Waals surface area contributed by atoms with Crippen LogP contribution in [0.1, 0.15) is 6.92 Å². The second kappa shape index (κ2) is 2.77. The molecule has 0 aromatic carbocycles. The number of nitrogens with one attached hydrogen (secondary N) is 1. The lowest BCUT2D eigenvalue weighted by Crippen LogP contribution is -2.55. The summed E-state index contributed by atoms with van der Waals surface area (Å²) >= 11 is 0. The number of carboxylic acids is 1. The summed E-state index contributed by atoms with van der Waals surface area (Å²) in [6, 6.07) is 0. The van der Waals surface area contributed by atoms with E-state index in [2.05, 4.69) is 0 Å². The fourth-order valence-corrected chi connectivity index (χ4v) is 0.175. The zero-order chi connectivity index (χ0) is 7.49. The molecule has 54 valence electrons. The zero-order valence-electron chi connectivity index (χ0n) is 5.09. The van der Waals surface area contributed by atoms with Crippen molar-refractivity contribution in [2.45, 2.75) is 12.5 Å². The highest BCUT2D eigenvalue weighted by molar-refractivity contribution is 5.78. The lowest BCUT2D eigenvalue weighted by atomic mass is 10.1. The number of hydrogen-bond donors (Lipinski definition) is 4. The smallest absolute Gasteiger partial charge is 0.327 e. The third-order valence-corrected chi connectivity index (χ3v) is 1.11. The van der Waals surface area contributed by atoms with E-state index in [4.69, 9.17) is 16.1 Å². The molecule has 0 fully saturated rings. The molecule has 1 atom stereocenters. The number of nitrogens with two attached hydrogens (primary N) is 1. The van der Waals surface area contributed by atoms with Gasteiger partial charge in [-0.2, -0.15) is 0 Å². The van der Waals surface area contributed by atoms with Gasteiger partial charge >= 0.3 is 5.97 Å². The molecule has 0 bridgehead atoms. The van der Waals surface area contributed by atoms with Crippen LogP contribution in [-0.4, -0.2) is 28.3 Å². The van der Waals surface area contributed by atoms with Crippen LogP contribution in [0.3, 0.4) is 0 Å². The van der Waals surface area contributed by atoms with Gasteiger partial charge in [0.25, 0.3) is 0 Å². The van der Waals surface area contributed by atoms with E-state index in [1.807, 2.05) is 5.43 Å². The number of hydrazine groups is 1. The van der Waals surface area contributed by atoms with Crippen LogP contribution in [-0.2, 0) is 4.79 Å². The molecule has 0 heterocycles. The van der Waals surface area contributed by atoms with Crippen molar-refractivity contribution in [3.8, 4) is 0 Å². The number of hydrogen-bond acceptors (Lipinski definition) is 4. The van der Waals surface area contributed by atoms with Crippen LogP contribution in [0.15, 0.2) is 0 Å². The lowest BCUT2D eigenvalue weighted by molar-refractivity contribution is -0.145. The SMILES string of the molecule is CC(CO)(NN)C(=O)O. The maximum Gasteiger partial charge on any atom is 0.327 e. The Kier molecular flexibility index (Phi) is 2.57. The summed E-state index contributed by atoms with van der Waals surface area (Å²) in [6.45, 7) is 0.758. The van der Waals surface area contributed by atoms with Gasteiger partial charge in [-0.15, -0.1) is 0 Å². The fourth-order valence-electron chi connectivity index (χ4n) is 0.175. The van der Waals surface area contributed by atoms with E-state index in [9.17, 15) is 4.79 Å². The van der Waals surface area contributed by atoms with Gasteiger partial charge in [0.1, 0.15) is 5.54 Å². The molecular weight excluding hydrogens is 124 g/mol. The van der Waals surface area contributed by atoms with Crippen molar-refractivity contribution < 1.29 is 15.0 Å². The monoisotopic (exact) mass is 134 g/mol. The Morgan fingerprint density at radius 2 is 2.33 bits per heavy atom. The van der Waals surface area contributed by atoms with Gasteiger partial charge in [0, 0.05) is 0 Å². The minimum Gasteiger partial charge on any atom is -0.480 e. The zero-order valence-corrected chi connectivity index (χ0v) is 5.09. The van der Waals surface area contributed by atoms with Crippen molar-refractivity contribution in [2.24, 2.45) is 5.84 Å². The summed E-state index contributed by atoms with van der Waals surface area (Å²) in [6.07, 6.45) is 0. The summed E-state index contributed by atoms with van der Waals surface area (Å²) in [4.78, 5) is 10.2. The second-order valence-corrected chi connectivity index (χ2v) is 1.94. The van der Waals surface area contributed by atoms with Crippen LogP contribution in [0.25, 0.3) is 0 Å². The highest BCUT2D eigenvalue weighted by Gasteiger charge is 2.30. The predicted octanol–water partition coefficient (Wildman–Crippen LogP) is -1.71. The van der Waals surface area contributed by atoms with Crippen molar-refractivity contribution in [3.63, 3.8) is 0 Å². The first-order valence-electron chi connectivity index (χ1n) is 2.39. The number of carbonyl (C=O) groups is 1. The van der Waals surface area contributed by atoms with Crippen LogP contribution in [0.5, 0.6) is 0 Å². The van der Waals surface area contributed by atoms with Crippen LogP contribution in [0.2, 0.25) is 0 Å². The minimum atomic E-state index is -1.42. The van der Waals surface area contributed by atoms with E-state index in [1.54, 1.807) is 0 Å². The number of aliphatic carboxylic acids is 1. The number of aliphatic hydroxyl groups is 1. The summed E-state index contributed by atoms with van der Waals surface area (Å²) in [5, 5.41) is 16.8. The summed E-state index contributed by atoms with van der Waals surface area (Å²) < 4.78 is 0. The molecule has 5 N–H and O–H groups in total. The average Bonchev–Trinajstić information content (AvgIpc) is 1.86. The first kappa shape index (κ1) is 8.35. The molecule has 5 heteroatoms. The highest BCUT2D eigenvalue weighted by atomic mass is 16.4. The largest absolute Gasteiger partial charge is 0.480 e. The number of carboxylic acid groups (broad SMARTS) is 1. The Balaban J connectivity index is 4.09. The topological polar surface area (TPSA) is 95.6 Å².